The number of carbonyl (C=O) groups is 1. The molecule has 0 saturated heterocycles. The van der Waals surface area contributed by atoms with E-state index in [0.717, 1.165) is 61.6 Å². The molecule has 2 aromatic rings. The van der Waals surface area contributed by atoms with Crippen LogP contribution in [-0.2, 0) is 22.4 Å². The second-order valence-electron chi connectivity index (χ2n) is 9.15. The molecule has 0 fully saturated rings. The number of hydrogen-bond donors (Lipinski definition) is 0. The first-order valence-electron chi connectivity index (χ1n) is 12.2. The molecule has 35 heavy (non-hydrogen) atoms. The molecule has 0 N–H and O–H groups in total. The molecule has 3 rings (SSSR count). The largest absolute Gasteiger partial charge is 0.463 e. The maximum absolute atomic E-state index is 13.0. The van der Waals surface area contributed by atoms with Crippen LogP contribution < -0.4 is 0 Å². The van der Waals surface area contributed by atoms with Crippen LogP contribution >= 0.6 is 11.8 Å². The van der Waals surface area contributed by atoms with Crippen molar-refractivity contribution < 1.29 is 22.7 Å². The Labute approximate surface area is 210 Å². The smallest absolute Gasteiger partial charge is 0.446 e. The highest BCUT2D eigenvalue weighted by molar-refractivity contribution is 8.00. The van der Waals surface area contributed by atoms with E-state index in [2.05, 4.69) is 44.7 Å². The first-order valence-corrected chi connectivity index (χ1v) is 13.0. The van der Waals surface area contributed by atoms with Crippen LogP contribution in [0.4, 0.5) is 13.2 Å². The van der Waals surface area contributed by atoms with Crippen molar-refractivity contribution in [2.75, 3.05) is 6.61 Å². The molecule has 6 heteroatoms. The summed E-state index contributed by atoms with van der Waals surface area (Å²) >= 11 is -0.0497. The van der Waals surface area contributed by atoms with E-state index >= 15 is 0 Å². The van der Waals surface area contributed by atoms with Crippen LogP contribution in [0.3, 0.4) is 0 Å². The molecular formula is C29H33F3O2S. The topological polar surface area (TPSA) is 26.3 Å². The molecular weight excluding hydrogens is 469 g/mol. The summed E-state index contributed by atoms with van der Waals surface area (Å²) in [5, 5.41) is 0. The molecule has 2 nitrogen and oxygen atoms in total. The van der Waals surface area contributed by atoms with Crippen molar-refractivity contribution in [3.8, 4) is 0 Å². The summed E-state index contributed by atoms with van der Waals surface area (Å²) < 4.78 is 44.1. The molecule has 0 spiro atoms. The van der Waals surface area contributed by atoms with Crippen molar-refractivity contribution in [1.82, 2.24) is 0 Å². The zero-order valence-electron chi connectivity index (χ0n) is 20.4. The predicted octanol–water partition coefficient (Wildman–Crippen LogP) is 8.74. The van der Waals surface area contributed by atoms with Crippen molar-refractivity contribution in [3.05, 3.63) is 76.9 Å². The minimum atomic E-state index is -4.30. The molecule has 0 amide bonds. The summed E-state index contributed by atoms with van der Waals surface area (Å²) in [4.78, 5) is 11.3. The van der Waals surface area contributed by atoms with Gasteiger partial charge >= 0.3 is 11.5 Å². The summed E-state index contributed by atoms with van der Waals surface area (Å²) in [6, 6.07) is 11.6. The molecule has 0 atom stereocenters. The van der Waals surface area contributed by atoms with Crippen LogP contribution in [0.25, 0.3) is 11.6 Å². The second-order valence-corrected chi connectivity index (χ2v) is 10.3. The van der Waals surface area contributed by atoms with Crippen molar-refractivity contribution in [2.45, 2.75) is 75.1 Å². The number of rotatable bonds is 11. The fraction of sp³-hybridized carbons (Fsp3) is 0.414. The molecule has 0 radical (unpaired) electrons. The molecule has 0 aromatic heterocycles. The summed E-state index contributed by atoms with van der Waals surface area (Å²) in [5.41, 5.74) is 2.63. The number of carbonyl (C=O) groups excluding carboxylic acids is 1. The maximum atomic E-state index is 13.0. The van der Waals surface area contributed by atoms with Crippen LogP contribution in [0.15, 0.2) is 53.9 Å². The Morgan fingerprint density at radius 2 is 1.89 bits per heavy atom. The third-order valence-corrected chi connectivity index (χ3v) is 6.97. The number of unbranched alkanes of at least 4 members (excludes halogenated alkanes) is 3. The third kappa shape index (κ3) is 8.03. The monoisotopic (exact) mass is 502 g/mol. The molecule has 188 valence electrons. The quantitative estimate of drug-likeness (QED) is 0.133. The lowest BCUT2D eigenvalue weighted by molar-refractivity contribution is -0.137. The number of esters is 1. The number of fused-ring (bicyclic) bond motifs is 1. The molecule has 0 heterocycles. The molecule has 0 bridgehead atoms. The third-order valence-electron chi connectivity index (χ3n) is 6.25. The number of allylic oxidation sites excluding steroid dienone is 1. The SMILES string of the molecule is C=CC(=O)OCCCCCCc1cccc2c1C=C(c1cc(SC(F)(F)F)ccc1C(C)C)CC2. The van der Waals surface area contributed by atoms with Gasteiger partial charge in [0.25, 0.3) is 0 Å². The first kappa shape index (κ1) is 27.1. The summed E-state index contributed by atoms with van der Waals surface area (Å²) in [6.07, 6.45) is 9.92. The van der Waals surface area contributed by atoms with E-state index in [-0.39, 0.29) is 28.5 Å². The Morgan fingerprint density at radius 1 is 1.11 bits per heavy atom. The number of hydrogen-bond acceptors (Lipinski definition) is 3. The van der Waals surface area contributed by atoms with Crippen molar-refractivity contribution in [3.63, 3.8) is 0 Å². The van der Waals surface area contributed by atoms with Crippen molar-refractivity contribution in [1.29, 1.82) is 0 Å². The molecule has 0 aliphatic heterocycles. The van der Waals surface area contributed by atoms with Crippen LogP contribution in [-0.4, -0.2) is 18.1 Å². The lowest BCUT2D eigenvalue weighted by Gasteiger charge is -2.23. The number of halogens is 3. The van der Waals surface area contributed by atoms with Crippen molar-refractivity contribution >= 4 is 29.4 Å². The Kier molecular flexibility index (Phi) is 9.67. The highest BCUT2D eigenvalue weighted by Gasteiger charge is 2.30. The first-order chi connectivity index (χ1) is 16.7. The van der Waals surface area contributed by atoms with Crippen molar-refractivity contribution in [2.24, 2.45) is 0 Å². The average Bonchev–Trinajstić information content (AvgIpc) is 2.81. The number of ether oxygens (including phenoxy) is 1. The lowest BCUT2D eigenvalue weighted by Crippen LogP contribution is -2.06. The van der Waals surface area contributed by atoms with Gasteiger partial charge in [0, 0.05) is 11.0 Å². The van der Waals surface area contributed by atoms with Gasteiger partial charge < -0.3 is 4.74 Å². The minimum absolute atomic E-state index is 0.0497. The van der Waals surface area contributed by atoms with Crippen LogP contribution in [0, 0.1) is 0 Å². The van der Waals surface area contributed by atoms with Gasteiger partial charge in [-0.1, -0.05) is 63.6 Å². The van der Waals surface area contributed by atoms with E-state index in [1.165, 1.54) is 22.8 Å². The van der Waals surface area contributed by atoms with Crippen LogP contribution in [0.5, 0.6) is 0 Å². The van der Waals surface area contributed by atoms with Gasteiger partial charge in [-0.3, -0.25) is 0 Å². The summed E-state index contributed by atoms with van der Waals surface area (Å²) in [7, 11) is 0. The van der Waals surface area contributed by atoms with E-state index in [1.54, 1.807) is 12.1 Å². The van der Waals surface area contributed by atoms with Gasteiger partial charge in [0.2, 0.25) is 0 Å². The van der Waals surface area contributed by atoms with Gasteiger partial charge in [-0.2, -0.15) is 13.2 Å². The molecule has 2 aromatic carbocycles. The van der Waals surface area contributed by atoms with Gasteiger partial charge in [0.05, 0.1) is 6.61 Å². The van der Waals surface area contributed by atoms with E-state index in [9.17, 15) is 18.0 Å². The Morgan fingerprint density at radius 3 is 2.60 bits per heavy atom. The molecule has 1 aliphatic carbocycles. The fourth-order valence-corrected chi connectivity index (χ4v) is 5.11. The molecule has 1 aliphatic rings. The minimum Gasteiger partial charge on any atom is -0.463 e. The summed E-state index contributed by atoms with van der Waals surface area (Å²) in [6.45, 7) is 7.97. The second kappa shape index (κ2) is 12.5. The average molecular weight is 503 g/mol. The summed E-state index contributed by atoms with van der Waals surface area (Å²) in [5.74, 6) is -0.162. The highest BCUT2D eigenvalue weighted by Crippen LogP contribution is 2.41. The number of thioether (sulfide) groups is 1. The van der Waals surface area contributed by atoms with Gasteiger partial charge in [-0.15, -0.1) is 0 Å². The highest BCUT2D eigenvalue weighted by atomic mass is 32.2. The van der Waals surface area contributed by atoms with Gasteiger partial charge in [0.1, 0.15) is 0 Å². The normalized spacial score (nSPS) is 13.4. The van der Waals surface area contributed by atoms with Gasteiger partial charge in [0.15, 0.2) is 0 Å². The Balaban J connectivity index is 1.75. The van der Waals surface area contributed by atoms with E-state index in [1.807, 2.05) is 6.07 Å². The van der Waals surface area contributed by atoms with Gasteiger partial charge in [-0.05, 0) is 95.3 Å². The molecule has 0 unspecified atom stereocenters. The Bertz CT molecular complexity index is 1070. The standard InChI is InChI=1S/C29H33F3O2S/c1-4-28(33)34-17-8-6-5-7-10-21-11-9-12-22-13-14-23(18-26(21)22)27-19-24(35-29(30,31)32)15-16-25(27)20(2)3/h4,9,11-12,15-16,18-20H,1,5-8,10,13-14,17H2,2-3H3. The number of aryl methyl sites for hydroxylation is 2. The lowest BCUT2D eigenvalue weighted by atomic mass is 9.82. The predicted molar refractivity (Wildman–Crippen MR) is 138 cm³/mol. The fourth-order valence-electron chi connectivity index (χ4n) is 4.53. The maximum Gasteiger partial charge on any atom is 0.446 e. The number of alkyl halides is 3. The zero-order chi connectivity index (χ0) is 25.4. The van der Waals surface area contributed by atoms with Crippen LogP contribution in [0.1, 0.15) is 79.7 Å². The number of benzene rings is 2. The van der Waals surface area contributed by atoms with E-state index in [0.29, 0.717) is 6.61 Å². The van der Waals surface area contributed by atoms with E-state index < -0.39 is 5.51 Å². The van der Waals surface area contributed by atoms with Crippen LogP contribution in [0.2, 0.25) is 0 Å². The van der Waals surface area contributed by atoms with E-state index in [4.69, 9.17) is 4.74 Å². The van der Waals surface area contributed by atoms with Gasteiger partial charge in [-0.25, -0.2) is 4.79 Å². The Hall–Kier alpha value is -2.47. The zero-order valence-corrected chi connectivity index (χ0v) is 21.2. The molecule has 0 saturated carbocycles.